The lowest BCUT2D eigenvalue weighted by Gasteiger charge is -2.30. The van der Waals surface area contributed by atoms with Crippen LogP contribution in [0.5, 0.6) is 0 Å². The molecule has 8 heteroatoms. The second-order valence-electron chi connectivity index (χ2n) is 5.75. The number of fused-ring (bicyclic) bond motifs is 1. The molecule has 5 nitrogen and oxygen atoms in total. The summed E-state index contributed by atoms with van der Waals surface area (Å²) < 4.78 is 24.4. The van der Waals surface area contributed by atoms with Gasteiger partial charge in [0, 0.05) is 17.7 Å². The highest BCUT2D eigenvalue weighted by molar-refractivity contribution is 7.91. The standard InChI is InChI=1S/C14H17ClN2O3S2/c1-22(19,20)11-5-3-2-4-9(11)16-13(18)10-6-8-7-12(15)21-14(8)17-10/h6-7,9,11,17H,2-5H2,1H3,(H,16,18)/t9-,11-/m1/s1. The second kappa shape index (κ2) is 5.86. The van der Waals surface area contributed by atoms with Gasteiger partial charge in [-0.1, -0.05) is 24.4 Å². The third-order valence-corrected chi connectivity index (χ3v) is 6.95. The first-order valence-corrected chi connectivity index (χ1v) is 10.3. The van der Waals surface area contributed by atoms with E-state index in [0.29, 0.717) is 22.9 Å². The molecule has 0 bridgehead atoms. The third kappa shape index (κ3) is 3.16. The number of amides is 1. The molecule has 3 rings (SSSR count). The van der Waals surface area contributed by atoms with Gasteiger partial charge in [0.2, 0.25) is 0 Å². The predicted molar refractivity (Wildman–Crippen MR) is 89.5 cm³/mol. The number of nitrogens with one attached hydrogen (secondary N) is 2. The van der Waals surface area contributed by atoms with Crippen molar-refractivity contribution in [2.75, 3.05) is 6.26 Å². The molecule has 22 heavy (non-hydrogen) atoms. The minimum atomic E-state index is -3.16. The predicted octanol–water partition coefficient (Wildman–Crippen LogP) is 2.97. The number of sulfone groups is 1. The molecule has 2 aromatic rings. The Kier molecular flexibility index (Phi) is 4.22. The van der Waals surface area contributed by atoms with E-state index in [0.717, 1.165) is 23.1 Å². The van der Waals surface area contributed by atoms with Gasteiger partial charge in [-0.25, -0.2) is 8.42 Å². The molecule has 0 aromatic carbocycles. The average molecular weight is 361 g/mol. The van der Waals surface area contributed by atoms with E-state index >= 15 is 0 Å². The molecule has 0 saturated heterocycles. The highest BCUT2D eigenvalue weighted by Gasteiger charge is 2.34. The molecule has 2 atom stereocenters. The molecule has 1 fully saturated rings. The molecule has 1 aliphatic carbocycles. The van der Waals surface area contributed by atoms with Crippen molar-refractivity contribution < 1.29 is 13.2 Å². The van der Waals surface area contributed by atoms with Crippen molar-refractivity contribution in [2.45, 2.75) is 37.0 Å². The molecule has 2 heterocycles. The van der Waals surface area contributed by atoms with E-state index in [2.05, 4.69) is 10.3 Å². The maximum atomic E-state index is 12.4. The summed E-state index contributed by atoms with van der Waals surface area (Å²) in [5.41, 5.74) is 0.441. The Balaban J connectivity index is 1.78. The average Bonchev–Trinajstić information content (AvgIpc) is 2.95. The molecule has 2 aromatic heterocycles. The van der Waals surface area contributed by atoms with Crippen molar-refractivity contribution in [2.24, 2.45) is 0 Å². The van der Waals surface area contributed by atoms with Gasteiger partial charge in [0.1, 0.15) is 10.5 Å². The molecule has 0 aliphatic heterocycles. The molecule has 1 amide bonds. The van der Waals surface area contributed by atoms with Gasteiger partial charge < -0.3 is 10.3 Å². The minimum absolute atomic E-state index is 0.264. The molecule has 0 unspecified atom stereocenters. The first-order chi connectivity index (χ1) is 10.3. The van der Waals surface area contributed by atoms with Gasteiger partial charge in [0.25, 0.3) is 5.91 Å². The van der Waals surface area contributed by atoms with Gasteiger partial charge >= 0.3 is 0 Å². The minimum Gasteiger partial charge on any atom is -0.347 e. The van der Waals surface area contributed by atoms with E-state index in [1.165, 1.54) is 17.6 Å². The first kappa shape index (κ1) is 15.8. The molecular formula is C14H17ClN2O3S2. The zero-order valence-electron chi connectivity index (χ0n) is 12.1. The molecular weight excluding hydrogens is 344 g/mol. The number of aromatic nitrogens is 1. The lowest BCUT2D eigenvalue weighted by molar-refractivity contribution is 0.0924. The summed E-state index contributed by atoms with van der Waals surface area (Å²) in [6, 6.07) is 3.22. The summed E-state index contributed by atoms with van der Waals surface area (Å²) in [7, 11) is -3.16. The number of hydrogen-bond acceptors (Lipinski definition) is 4. The van der Waals surface area contributed by atoms with Crippen LogP contribution in [0.1, 0.15) is 36.2 Å². The van der Waals surface area contributed by atoms with Crippen LogP contribution >= 0.6 is 22.9 Å². The quantitative estimate of drug-likeness (QED) is 0.883. The van der Waals surface area contributed by atoms with Gasteiger partial charge in [-0.15, -0.1) is 11.3 Å². The van der Waals surface area contributed by atoms with Gasteiger partial charge in [0.15, 0.2) is 9.84 Å². The van der Waals surface area contributed by atoms with Crippen LogP contribution in [-0.2, 0) is 9.84 Å². The third-order valence-electron chi connectivity index (χ3n) is 4.09. The molecule has 1 aliphatic rings. The maximum absolute atomic E-state index is 12.4. The number of carbonyl (C=O) groups excluding carboxylic acids is 1. The van der Waals surface area contributed by atoms with Crippen LogP contribution < -0.4 is 5.32 Å². The van der Waals surface area contributed by atoms with Gasteiger partial charge in [-0.05, 0) is 25.0 Å². The molecule has 0 radical (unpaired) electrons. The number of halogens is 1. The van der Waals surface area contributed by atoms with Crippen molar-refractivity contribution in [1.82, 2.24) is 10.3 Å². The van der Waals surface area contributed by atoms with E-state index < -0.39 is 15.1 Å². The largest absolute Gasteiger partial charge is 0.347 e. The van der Waals surface area contributed by atoms with Crippen molar-refractivity contribution in [3.05, 3.63) is 22.2 Å². The first-order valence-electron chi connectivity index (χ1n) is 7.12. The molecule has 0 spiro atoms. The smallest absolute Gasteiger partial charge is 0.268 e. The topological polar surface area (TPSA) is 79.0 Å². The van der Waals surface area contributed by atoms with E-state index in [4.69, 9.17) is 11.6 Å². The Morgan fingerprint density at radius 3 is 2.77 bits per heavy atom. The number of H-pyrrole nitrogens is 1. The van der Waals surface area contributed by atoms with Gasteiger partial charge in [-0.3, -0.25) is 4.79 Å². The van der Waals surface area contributed by atoms with Crippen LogP contribution in [0.4, 0.5) is 0 Å². The van der Waals surface area contributed by atoms with Crippen LogP contribution in [0, 0.1) is 0 Å². The number of rotatable bonds is 3. The van der Waals surface area contributed by atoms with Crippen LogP contribution in [0.15, 0.2) is 12.1 Å². The molecule has 2 N–H and O–H groups in total. The molecule has 1 saturated carbocycles. The van der Waals surface area contributed by atoms with E-state index in [-0.39, 0.29) is 11.9 Å². The fourth-order valence-corrected chi connectivity index (χ4v) is 5.56. The maximum Gasteiger partial charge on any atom is 0.268 e. The zero-order valence-corrected chi connectivity index (χ0v) is 14.4. The Bertz CT molecular complexity index is 778. The summed E-state index contributed by atoms with van der Waals surface area (Å²) in [5.74, 6) is -0.264. The molecule has 120 valence electrons. The fraction of sp³-hybridized carbons (Fsp3) is 0.500. The van der Waals surface area contributed by atoms with Crippen molar-refractivity contribution in [3.8, 4) is 0 Å². The van der Waals surface area contributed by atoms with E-state index in [9.17, 15) is 13.2 Å². The highest BCUT2D eigenvalue weighted by Crippen LogP contribution is 2.30. The Hall–Kier alpha value is -1.05. The summed E-state index contributed by atoms with van der Waals surface area (Å²) >= 11 is 7.29. The van der Waals surface area contributed by atoms with Crippen LogP contribution in [0.25, 0.3) is 10.2 Å². The summed E-state index contributed by atoms with van der Waals surface area (Å²) in [6.07, 6.45) is 4.38. The lowest BCUT2D eigenvalue weighted by Crippen LogP contribution is -2.48. The summed E-state index contributed by atoms with van der Waals surface area (Å²) in [4.78, 5) is 16.3. The number of hydrogen-bond donors (Lipinski definition) is 2. The Labute approximate surface area is 138 Å². The highest BCUT2D eigenvalue weighted by atomic mass is 35.5. The Morgan fingerprint density at radius 1 is 1.36 bits per heavy atom. The monoisotopic (exact) mass is 360 g/mol. The fourth-order valence-electron chi connectivity index (χ4n) is 3.04. The number of thiophene rings is 1. The van der Waals surface area contributed by atoms with Crippen molar-refractivity contribution >= 4 is 48.9 Å². The van der Waals surface area contributed by atoms with Crippen LogP contribution in [0.3, 0.4) is 0 Å². The van der Waals surface area contributed by atoms with Crippen molar-refractivity contribution in [1.29, 1.82) is 0 Å². The number of carbonyl (C=O) groups is 1. The summed E-state index contributed by atoms with van der Waals surface area (Å²) in [5, 5.41) is 3.28. The van der Waals surface area contributed by atoms with Gasteiger partial charge in [0.05, 0.1) is 9.59 Å². The second-order valence-corrected chi connectivity index (χ2v) is 9.70. The SMILES string of the molecule is CS(=O)(=O)[C@@H]1CCCC[C@H]1NC(=O)c1cc2cc(Cl)sc2[nH]1. The van der Waals surface area contributed by atoms with Crippen molar-refractivity contribution in [3.63, 3.8) is 0 Å². The lowest BCUT2D eigenvalue weighted by atomic mass is 9.95. The summed E-state index contributed by atoms with van der Waals surface area (Å²) in [6.45, 7) is 0. The van der Waals surface area contributed by atoms with Crippen LogP contribution in [0.2, 0.25) is 4.34 Å². The normalized spacial score (nSPS) is 22.8. The van der Waals surface area contributed by atoms with E-state index in [1.54, 1.807) is 12.1 Å². The zero-order chi connectivity index (χ0) is 15.9. The number of aromatic amines is 1. The van der Waals surface area contributed by atoms with E-state index in [1.807, 2.05) is 0 Å². The van der Waals surface area contributed by atoms with Crippen LogP contribution in [-0.4, -0.2) is 36.9 Å². The van der Waals surface area contributed by atoms with Gasteiger partial charge in [-0.2, -0.15) is 0 Å². The Morgan fingerprint density at radius 2 is 2.09 bits per heavy atom.